The average Bonchev–Trinajstić information content (AvgIpc) is 3.35. The highest BCUT2D eigenvalue weighted by molar-refractivity contribution is 5.96. The highest BCUT2D eigenvalue weighted by atomic mass is 16.4. The lowest BCUT2D eigenvalue weighted by Crippen LogP contribution is -2.58. The Morgan fingerprint density at radius 3 is 2.07 bits per heavy atom. The van der Waals surface area contributed by atoms with E-state index in [2.05, 4.69) is 20.9 Å². The summed E-state index contributed by atoms with van der Waals surface area (Å²) in [6.07, 6.45) is 1.35. The summed E-state index contributed by atoms with van der Waals surface area (Å²) in [6.45, 7) is 3.81. The first-order valence-corrected chi connectivity index (χ1v) is 13.8. The Balaban J connectivity index is 1.82. The average molecular weight is 595 g/mol. The zero-order chi connectivity index (χ0) is 31.7. The van der Waals surface area contributed by atoms with Crippen LogP contribution in [0.1, 0.15) is 37.8 Å². The largest absolute Gasteiger partial charge is 0.508 e. The molecule has 1 aromatic heterocycles. The summed E-state index contributed by atoms with van der Waals surface area (Å²) in [5, 5.41) is 27.5. The van der Waals surface area contributed by atoms with Crippen LogP contribution < -0.4 is 27.4 Å². The van der Waals surface area contributed by atoms with E-state index in [1.54, 1.807) is 6.20 Å². The number of rotatable bonds is 15. The number of hydrogen-bond acceptors (Lipinski definition) is 7. The number of carbonyl (C=O) groups excluding carboxylic acids is 4. The SMILES string of the molecule is CC(C)CC(N)C(=O)NC(Cc1c[nH]c2ccccc12)C(=O)NC(CC(N)=O)C(=O)NC(Cc1ccc(O)cc1)C(=O)O. The van der Waals surface area contributed by atoms with Gasteiger partial charge in [0.1, 0.15) is 23.9 Å². The van der Waals surface area contributed by atoms with Crippen LogP contribution in [-0.4, -0.2) is 69.0 Å². The first-order valence-electron chi connectivity index (χ1n) is 13.8. The number of carboxylic acid groups (broad SMARTS) is 1. The van der Waals surface area contributed by atoms with Gasteiger partial charge in [-0.05, 0) is 41.7 Å². The molecule has 0 bridgehead atoms. The van der Waals surface area contributed by atoms with Gasteiger partial charge in [-0.1, -0.05) is 44.2 Å². The van der Waals surface area contributed by atoms with Crippen LogP contribution >= 0.6 is 0 Å². The minimum Gasteiger partial charge on any atom is -0.508 e. The van der Waals surface area contributed by atoms with E-state index in [1.165, 1.54) is 24.3 Å². The Kier molecular flexibility index (Phi) is 11.2. The minimum absolute atomic E-state index is 0.0108. The summed E-state index contributed by atoms with van der Waals surface area (Å²) in [6, 6.07) is 8.11. The summed E-state index contributed by atoms with van der Waals surface area (Å²) in [5.74, 6) is -4.47. The number of H-pyrrole nitrogens is 1. The van der Waals surface area contributed by atoms with Gasteiger partial charge in [0.2, 0.25) is 23.6 Å². The van der Waals surface area contributed by atoms with E-state index in [9.17, 15) is 34.2 Å². The molecule has 0 fully saturated rings. The molecule has 13 heteroatoms. The number of para-hydroxylation sites is 1. The molecule has 13 nitrogen and oxygen atoms in total. The zero-order valence-electron chi connectivity index (χ0n) is 24.0. The second kappa shape index (κ2) is 14.8. The minimum atomic E-state index is -1.53. The normalized spacial score (nSPS) is 14.0. The van der Waals surface area contributed by atoms with E-state index in [0.717, 1.165) is 10.9 Å². The molecule has 3 aromatic rings. The molecule has 0 saturated carbocycles. The van der Waals surface area contributed by atoms with Crippen molar-refractivity contribution in [1.82, 2.24) is 20.9 Å². The first kappa shape index (κ1) is 32.6. The van der Waals surface area contributed by atoms with Crippen LogP contribution in [0.15, 0.2) is 54.7 Å². The number of aromatic hydroxyl groups is 1. The van der Waals surface area contributed by atoms with E-state index in [1.807, 2.05) is 38.1 Å². The number of phenolic OH excluding ortho intramolecular Hbond substituents is 1. The molecule has 3 rings (SSSR count). The maximum atomic E-state index is 13.6. The number of nitrogens with one attached hydrogen (secondary N) is 4. The van der Waals surface area contributed by atoms with Gasteiger partial charge in [-0.2, -0.15) is 0 Å². The molecule has 0 aliphatic rings. The van der Waals surface area contributed by atoms with Crippen LogP contribution in [0.4, 0.5) is 0 Å². The molecule has 1 heterocycles. The number of aliphatic carboxylic acids is 1. The Hall–Kier alpha value is -4.91. The molecule has 4 unspecified atom stereocenters. The number of phenols is 1. The molecule has 0 aliphatic heterocycles. The van der Waals surface area contributed by atoms with Crippen molar-refractivity contribution in [2.24, 2.45) is 17.4 Å². The summed E-state index contributed by atoms with van der Waals surface area (Å²) < 4.78 is 0. The summed E-state index contributed by atoms with van der Waals surface area (Å²) in [5.41, 5.74) is 13.4. The third kappa shape index (κ3) is 9.57. The third-order valence-electron chi connectivity index (χ3n) is 6.82. The van der Waals surface area contributed by atoms with Crippen molar-refractivity contribution in [1.29, 1.82) is 0 Å². The van der Waals surface area contributed by atoms with Gasteiger partial charge in [-0.3, -0.25) is 19.2 Å². The van der Waals surface area contributed by atoms with Crippen molar-refractivity contribution >= 4 is 40.5 Å². The van der Waals surface area contributed by atoms with Gasteiger partial charge >= 0.3 is 5.97 Å². The van der Waals surface area contributed by atoms with E-state index in [4.69, 9.17) is 11.5 Å². The molecule has 0 radical (unpaired) electrons. The van der Waals surface area contributed by atoms with Crippen LogP contribution in [0.2, 0.25) is 0 Å². The number of primary amides is 1. The predicted octanol–water partition coefficient (Wildman–Crippen LogP) is 0.447. The van der Waals surface area contributed by atoms with Crippen LogP contribution in [0.5, 0.6) is 5.75 Å². The number of fused-ring (bicyclic) bond motifs is 1. The molecule has 0 aliphatic carbocycles. The second-order valence-corrected chi connectivity index (χ2v) is 10.9. The van der Waals surface area contributed by atoms with Crippen LogP contribution in [0, 0.1) is 5.92 Å². The van der Waals surface area contributed by atoms with Crippen molar-refractivity contribution in [3.8, 4) is 5.75 Å². The highest BCUT2D eigenvalue weighted by Crippen LogP contribution is 2.19. The molecule has 230 valence electrons. The predicted molar refractivity (Wildman–Crippen MR) is 158 cm³/mol. The number of aromatic nitrogens is 1. The fourth-order valence-electron chi connectivity index (χ4n) is 4.65. The molecule has 2 aromatic carbocycles. The summed E-state index contributed by atoms with van der Waals surface area (Å²) in [4.78, 5) is 66.6. The van der Waals surface area contributed by atoms with Gasteiger partial charge in [0.25, 0.3) is 0 Å². The Morgan fingerprint density at radius 1 is 0.837 bits per heavy atom. The van der Waals surface area contributed by atoms with Gasteiger partial charge in [-0.15, -0.1) is 0 Å². The number of amides is 4. The lowest BCUT2D eigenvalue weighted by molar-refractivity contribution is -0.142. The number of benzene rings is 2. The van der Waals surface area contributed by atoms with Crippen molar-refractivity contribution in [3.63, 3.8) is 0 Å². The highest BCUT2D eigenvalue weighted by Gasteiger charge is 2.32. The molecule has 10 N–H and O–H groups in total. The zero-order valence-corrected chi connectivity index (χ0v) is 24.0. The lowest BCUT2D eigenvalue weighted by Gasteiger charge is -2.25. The van der Waals surface area contributed by atoms with Crippen LogP contribution in [0.25, 0.3) is 10.9 Å². The number of aromatic amines is 1. The molecule has 4 amide bonds. The van der Waals surface area contributed by atoms with E-state index in [-0.39, 0.29) is 24.5 Å². The monoisotopic (exact) mass is 594 g/mol. The fraction of sp³-hybridized carbons (Fsp3) is 0.367. The maximum absolute atomic E-state index is 13.6. The van der Waals surface area contributed by atoms with Gasteiger partial charge in [-0.25, -0.2) is 4.79 Å². The second-order valence-electron chi connectivity index (χ2n) is 10.9. The van der Waals surface area contributed by atoms with Gasteiger partial charge in [0.15, 0.2) is 0 Å². The molecular formula is C30H38N6O7. The van der Waals surface area contributed by atoms with Gasteiger partial charge in [0, 0.05) is 29.9 Å². The maximum Gasteiger partial charge on any atom is 0.326 e. The Morgan fingerprint density at radius 2 is 1.44 bits per heavy atom. The molecule has 0 spiro atoms. The number of nitrogens with two attached hydrogens (primary N) is 2. The number of carboxylic acids is 1. The van der Waals surface area contributed by atoms with Crippen molar-refractivity contribution in [2.75, 3.05) is 0 Å². The third-order valence-corrected chi connectivity index (χ3v) is 6.82. The fourth-order valence-corrected chi connectivity index (χ4v) is 4.65. The van der Waals surface area contributed by atoms with Crippen LogP contribution in [0.3, 0.4) is 0 Å². The first-order chi connectivity index (χ1) is 20.3. The quantitative estimate of drug-likeness (QED) is 0.123. The van der Waals surface area contributed by atoms with Crippen molar-refractivity contribution in [3.05, 3.63) is 65.9 Å². The number of carbonyl (C=O) groups is 5. The van der Waals surface area contributed by atoms with Gasteiger partial charge in [0.05, 0.1) is 12.5 Å². The summed E-state index contributed by atoms with van der Waals surface area (Å²) >= 11 is 0. The van der Waals surface area contributed by atoms with E-state index in [0.29, 0.717) is 17.5 Å². The molecule has 43 heavy (non-hydrogen) atoms. The molecule has 4 atom stereocenters. The summed E-state index contributed by atoms with van der Waals surface area (Å²) in [7, 11) is 0. The smallest absolute Gasteiger partial charge is 0.326 e. The topological polar surface area (TPSA) is 230 Å². The van der Waals surface area contributed by atoms with E-state index >= 15 is 0 Å². The van der Waals surface area contributed by atoms with Crippen LogP contribution in [-0.2, 0) is 36.8 Å². The Labute approximate surface area is 248 Å². The number of hydrogen-bond donors (Lipinski definition) is 8. The van der Waals surface area contributed by atoms with Crippen molar-refractivity contribution in [2.45, 2.75) is 63.7 Å². The van der Waals surface area contributed by atoms with E-state index < -0.39 is 60.2 Å². The van der Waals surface area contributed by atoms with Gasteiger partial charge < -0.3 is 42.6 Å². The van der Waals surface area contributed by atoms with Crippen molar-refractivity contribution < 1.29 is 34.2 Å². The molecular weight excluding hydrogens is 556 g/mol. The Bertz CT molecular complexity index is 1450. The molecule has 0 saturated heterocycles. The lowest BCUT2D eigenvalue weighted by atomic mass is 10.0. The standard InChI is InChI=1S/C30H38N6O7/c1-16(2)11-21(31)27(39)34-23(13-18-15-33-22-6-4-3-5-20(18)22)28(40)35-24(14-26(32)38)29(41)36-25(30(42)43)12-17-7-9-19(37)10-8-17/h3-10,15-16,21,23-25,33,37H,11-14,31H2,1-2H3,(H2,32,38)(H,34,39)(H,35,40)(H,36,41)(H,42,43).